The van der Waals surface area contributed by atoms with Crippen molar-refractivity contribution in [3.8, 4) is 22.6 Å². The monoisotopic (exact) mass is 458 g/mol. The number of aliphatic hydroxyl groups is 1. The Balaban J connectivity index is 1.46. The molecular formula is C27H26N2O5. The SMILES string of the molecule is CN(C)C(=O)c1ccccc1-c1cc(NC(=O)C2(c3ccc4c(c3)OCO4)CC2)ccc1CO. The second-order valence-electron chi connectivity index (χ2n) is 8.88. The van der Waals surface area contributed by atoms with Crippen molar-refractivity contribution in [2.45, 2.75) is 24.9 Å². The van der Waals surface area contributed by atoms with E-state index in [4.69, 9.17) is 9.47 Å². The molecule has 0 atom stereocenters. The minimum absolute atomic E-state index is 0.0910. The summed E-state index contributed by atoms with van der Waals surface area (Å²) in [7, 11) is 3.40. The number of aliphatic hydroxyl groups excluding tert-OH is 1. The third kappa shape index (κ3) is 3.78. The van der Waals surface area contributed by atoms with Crippen molar-refractivity contribution >= 4 is 17.5 Å². The van der Waals surface area contributed by atoms with E-state index in [0.29, 0.717) is 39.4 Å². The quantitative estimate of drug-likeness (QED) is 0.584. The standard InChI is InChI=1S/C27H26N2O5/c1-29(2)25(31)21-6-4-3-5-20(21)22-14-19(9-7-17(22)15-30)28-26(32)27(11-12-27)18-8-10-23-24(13-18)34-16-33-23/h3-10,13-14,30H,11-12,15-16H2,1-2H3,(H,28,32). The van der Waals surface area contributed by atoms with Crippen LogP contribution in [0, 0.1) is 0 Å². The molecule has 1 aliphatic heterocycles. The van der Waals surface area contributed by atoms with E-state index in [1.54, 1.807) is 32.3 Å². The van der Waals surface area contributed by atoms with E-state index < -0.39 is 5.41 Å². The number of nitrogens with one attached hydrogen (secondary N) is 1. The Morgan fingerprint density at radius 3 is 2.47 bits per heavy atom. The maximum absolute atomic E-state index is 13.4. The number of hydrogen-bond donors (Lipinski definition) is 2. The van der Waals surface area contributed by atoms with Gasteiger partial charge in [0, 0.05) is 25.3 Å². The molecule has 0 radical (unpaired) electrons. The average molecular weight is 459 g/mol. The van der Waals surface area contributed by atoms with Crippen molar-refractivity contribution in [2.24, 2.45) is 0 Å². The maximum Gasteiger partial charge on any atom is 0.253 e. The van der Waals surface area contributed by atoms with E-state index in [0.717, 1.165) is 18.4 Å². The number of nitrogens with zero attached hydrogens (tertiary/aromatic N) is 1. The Labute approximate surface area is 197 Å². The van der Waals surface area contributed by atoms with Crippen LogP contribution < -0.4 is 14.8 Å². The number of ether oxygens (including phenoxy) is 2. The van der Waals surface area contributed by atoms with Gasteiger partial charge in [0.1, 0.15) is 0 Å². The molecule has 0 saturated heterocycles. The summed E-state index contributed by atoms with van der Waals surface area (Å²) in [4.78, 5) is 27.6. The fourth-order valence-electron chi connectivity index (χ4n) is 4.40. The molecule has 34 heavy (non-hydrogen) atoms. The van der Waals surface area contributed by atoms with Crippen LogP contribution in [-0.4, -0.2) is 42.7 Å². The van der Waals surface area contributed by atoms with Crippen LogP contribution in [-0.2, 0) is 16.8 Å². The van der Waals surface area contributed by atoms with Gasteiger partial charge < -0.3 is 24.8 Å². The minimum Gasteiger partial charge on any atom is -0.454 e. The lowest BCUT2D eigenvalue weighted by Crippen LogP contribution is -2.27. The first-order valence-electron chi connectivity index (χ1n) is 11.2. The molecule has 7 heteroatoms. The zero-order valence-electron chi connectivity index (χ0n) is 19.1. The van der Waals surface area contributed by atoms with Crippen molar-refractivity contribution in [3.63, 3.8) is 0 Å². The van der Waals surface area contributed by atoms with Gasteiger partial charge in [-0.25, -0.2) is 0 Å². The molecule has 1 saturated carbocycles. The summed E-state index contributed by atoms with van der Waals surface area (Å²) in [5, 5.41) is 13.0. The van der Waals surface area contributed by atoms with E-state index >= 15 is 0 Å². The third-order valence-corrected chi connectivity index (χ3v) is 6.50. The van der Waals surface area contributed by atoms with Crippen molar-refractivity contribution in [1.29, 1.82) is 0 Å². The zero-order valence-corrected chi connectivity index (χ0v) is 19.1. The van der Waals surface area contributed by atoms with Gasteiger partial charge in [-0.2, -0.15) is 0 Å². The van der Waals surface area contributed by atoms with Crippen LogP contribution >= 0.6 is 0 Å². The smallest absolute Gasteiger partial charge is 0.253 e. The summed E-state index contributed by atoms with van der Waals surface area (Å²) >= 11 is 0. The molecule has 1 heterocycles. The lowest BCUT2D eigenvalue weighted by atomic mass is 9.93. The first-order valence-corrected chi connectivity index (χ1v) is 11.2. The molecule has 3 aromatic carbocycles. The first-order chi connectivity index (χ1) is 16.4. The van der Waals surface area contributed by atoms with E-state index in [1.165, 1.54) is 4.90 Å². The van der Waals surface area contributed by atoms with Crippen molar-refractivity contribution in [1.82, 2.24) is 4.90 Å². The zero-order chi connectivity index (χ0) is 23.9. The Morgan fingerprint density at radius 1 is 0.971 bits per heavy atom. The van der Waals surface area contributed by atoms with Crippen molar-refractivity contribution in [2.75, 3.05) is 26.2 Å². The van der Waals surface area contributed by atoms with Crippen LogP contribution in [0.2, 0.25) is 0 Å². The van der Waals surface area contributed by atoms with Crippen LogP contribution in [0.1, 0.15) is 34.3 Å². The Morgan fingerprint density at radius 2 is 1.74 bits per heavy atom. The number of carbonyl (C=O) groups is 2. The van der Waals surface area contributed by atoms with Gasteiger partial charge in [-0.1, -0.05) is 30.3 Å². The molecule has 2 aliphatic rings. The molecular weight excluding hydrogens is 432 g/mol. The van der Waals surface area contributed by atoms with Crippen LogP contribution in [0.25, 0.3) is 11.1 Å². The Bertz CT molecular complexity index is 1280. The molecule has 0 bridgehead atoms. The molecule has 2 amide bonds. The van der Waals surface area contributed by atoms with Gasteiger partial charge in [-0.3, -0.25) is 9.59 Å². The largest absolute Gasteiger partial charge is 0.454 e. The topological polar surface area (TPSA) is 88.1 Å². The fourth-order valence-corrected chi connectivity index (χ4v) is 4.40. The molecule has 1 aliphatic carbocycles. The van der Waals surface area contributed by atoms with E-state index in [1.807, 2.05) is 42.5 Å². The normalized spacial score (nSPS) is 15.0. The van der Waals surface area contributed by atoms with Gasteiger partial charge in [0.15, 0.2) is 11.5 Å². The highest BCUT2D eigenvalue weighted by molar-refractivity contribution is 6.03. The summed E-state index contributed by atoms with van der Waals surface area (Å²) < 4.78 is 10.9. The summed E-state index contributed by atoms with van der Waals surface area (Å²) in [6, 6.07) is 18.3. The van der Waals surface area contributed by atoms with E-state index in [-0.39, 0.29) is 25.2 Å². The van der Waals surface area contributed by atoms with Gasteiger partial charge in [-0.05, 0) is 65.4 Å². The van der Waals surface area contributed by atoms with Crippen molar-refractivity contribution < 1.29 is 24.2 Å². The molecule has 0 unspecified atom stereocenters. The molecule has 3 aromatic rings. The van der Waals surface area contributed by atoms with Crippen LogP contribution in [0.15, 0.2) is 60.7 Å². The summed E-state index contributed by atoms with van der Waals surface area (Å²) in [6.45, 7) is 0.00491. The molecule has 1 fully saturated rings. The summed E-state index contributed by atoms with van der Waals surface area (Å²) in [5.74, 6) is 1.13. The predicted octanol–water partition coefficient (Wildman–Crippen LogP) is 3.95. The lowest BCUT2D eigenvalue weighted by Gasteiger charge is -2.19. The highest BCUT2D eigenvalue weighted by Crippen LogP contribution is 2.51. The summed E-state index contributed by atoms with van der Waals surface area (Å²) in [6.07, 6.45) is 1.50. The number of anilines is 1. The number of amides is 2. The average Bonchev–Trinajstić information content (AvgIpc) is 3.54. The second-order valence-corrected chi connectivity index (χ2v) is 8.88. The number of hydrogen-bond acceptors (Lipinski definition) is 5. The maximum atomic E-state index is 13.4. The molecule has 0 spiro atoms. The number of carbonyl (C=O) groups excluding carboxylic acids is 2. The number of fused-ring (bicyclic) bond motifs is 1. The Hall–Kier alpha value is -3.84. The first kappa shape index (κ1) is 22.0. The van der Waals surface area contributed by atoms with Gasteiger partial charge in [0.05, 0.1) is 12.0 Å². The molecule has 174 valence electrons. The van der Waals surface area contributed by atoms with E-state index in [2.05, 4.69) is 5.32 Å². The molecule has 5 rings (SSSR count). The fraction of sp³-hybridized carbons (Fsp3) is 0.259. The molecule has 2 N–H and O–H groups in total. The van der Waals surface area contributed by atoms with Crippen molar-refractivity contribution in [3.05, 3.63) is 77.4 Å². The van der Waals surface area contributed by atoms with E-state index in [9.17, 15) is 14.7 Å². The number of rotatable bonds is 6. The van der Waals surface area contributed by atoms with Gasteiger partial charge in [-0.15, -0.1) is 0 Å². The highest BCUT2D eigenvalue weighted by atomic mass is 16.7. The predicted molar refractivity (Wildman–Crippen MR) is 128 cm³/mol. The summed E-state index contributed by atoms with van der Waals surface area (Å²) in [5.41, 5.74) is 3.53. The van der Waals surface area contributed by atoms with Crippen LogP contribution in [0.5, 0.6) is 11.5 Å². The van der Waals surface area contributed by atoms with Crippen LogP contribution in [0.3, 0.4) is 0 Å². The minimum atomic E-state index is -0.602. The van der Waals surface area contributed by atoms with Gasteiger partial charge in [0.25, 0.3) is 5.91 Å². The number of benzene rings is 3. The van der Waals surface area contributed by atoms with Crippen LogP contribution in [0.4, 0.5) is 5.69 Å². The lowest BCUT2D eigenvalue weighted by molar-refractivity contribution is -0.118. The molecule has 0 aromatic heterocycles. The molecule has 7 nitrogen and oxygen atoms in total. The highest BCUT2D eigenvalue weighted by Gasteiger charge is 2.51. The van der Waals surface area contributed by atoms with Gasteiger partial charge in [0.2, 0.25) is 12.7 Å². The van der Waals surface area contributed by atoms with Gasteiger partial charge >= 0.3 is 0 Å². The Kier molecular flexibility index (Phi) is 5.49. The third-order valence-electron chi connectivity index (χ3n) is 6.50. The second kappa shape index (κ2) is 8.50.